The molecule has 0 spiro atoms. The summed E-state index contributed by atoms with van der Waals surface area (Å²) in [6, 6.07) is 14.5. The van der Waals surface area contributed by atoms with Gasteiger partial charge in [0.2, 0.25) is 0 Å². The zero-order chi connectivity index (χ0) is 16.8. The Kier molecular flexibility index (Phi) is 5.26. The Hall–Kier alpha value is -2.62. The lowest BCUT2D eigenvalue weighted by molar-refractivity contribution is 0.390. The number of phenols is 2. The minimum atomic E-state index is 0.195. The van der Waals surface area contributed by atoms with Crippen molar-refractivity contribution < 1.29 is 10.2 Å². The van der Waals surface area contributed by atoms with Gasteiger partial charge in [0.25, 0.3) is 0 Å². The lowest BCUT2D eigenvalue weighted by atomic mass is 9.91. The number of aromatic hydroxyl groups is 2. The summed E-state index contributed by atoms with van der Waals surface area (Å²) in [6.45, 7) is 0. The minimum absolute atomic E-state index is 0.195. The lowest BCUT2D eigenvalue weighted by Gasteiger charge is -2.25. The van der Waals surface area contributed by atoms with E-state index in [4.69, 9.17) is 9.98 Å². The summed E-state index contributed by atoms with van der Waals surface area (Å²) in [6.07, 6.45) is 8.21. The van der Waals surface area contributed by atoms with E-state index in [9.17, 15) is 10.2 Å². The van der Waals surface area contributed by atoms with Crippen molar-refractivity contribution in [3.8, 4) is 11.5 Å². The van der Waals surface area contributed by atoms with Crippen molar-refractivity contribution in [1.82, 2.24) is 0 Å². The van der Waals surface area contributed by atoms with Crippen molar-refractivity contribution in [3.05, 3.63) is 59.7 Å². The molecule has 3 rings (SSSR count). The molecule has 24 heavy (non-hydrogen) atoms. The van der Waals surface area contributed by atoms with Gasteiger partial charge >= 0.3 is 0 Å². The quantitative estimate of drug-likeness (QED) is 0.837. The van der Waals surface area contributed by atoms with Crippen LogP contribution in [0.1, 0.15) is 36.8 Å². The predicted molar refractivity (Wildman–Crippen MR) is 97.4 cm³/mol. The van der Waals surface area contributed by atoms with Crippen molar-refractivity contribution in [2.24, 2.45) is 9.98 Å². The molecule has 2 N–H and O–H groups in total. The number of rotatable bonds is 4. The zero-order valence-corrected chi connectivity index (χ0v) is 13.5. The molecule has 0 radical (unpaired) electrons. The summed E-state index contributed by atoms with van der Waals surface area (Å²) < 4.78 is 0. The highest BCUT2D eigenvalue weighted by Gasteiger charge is 2.23. The Morgan fingerprint density at radius 3 is 1.42 bits per heavy atom. The Morgan fingerprint density at radius 2 is 1.04 bits per heavy atom. The minimum Gasteiger partial charge on any atom is -0.508 e. The molecule has 2 aromatic rings. The topological polar surface area (TPSA) is 65.2 Å². The summed E-state index contributed by atoms with van der Waals surface area (Å²) in [4.78, 5) is 9.46. The molecule has 1 saturated carbocycles. The van der Waals surface area contributed by atoms with E-state index in [0.29, 0.717) is 0 Å². The summed E-state index contributed by atoms with van der Waals surface area (Å²) in [5.74, 6) is 0.530. The first-order valence-electron chi connectivity index (χ1n) is 8.35. The summed E-state index contributed by atoms with van der Waals surface area (Å²) in [5, 5.41) is 18.7. The molecule has 0 bridgehead atoms. The van der Waals surface area contributed by atoms with Gasteiger partial charge in [0.1, 0.15) is 11.5 Å². The standard InChI is InChI=1S/C20H22N2O2/c23-17-9-5-15(6-10-17)13-21-19-3-1-2-4-20(19)22-14-16-7-11-18(24)12-8-16/h5-14,19-20,23-24H,1-4H2. The van der Waals surface area contributed by atoms with E-state index in [1.165, 1.54) is 12.8 Å². The summed E-state index contributed by atoms with van der Waals surface area (Å²) >= 11 is 0. The van der Waals surface area contributed by atoms with E-state index in [2.05, 4.69) is 0 Å². The van der Waals surface area contributed by atoms with Crippen LogP contribution in [0.3, 0.4) is 0 Å². The monoisotopic (exact) mass is 322 g/mol. The van der Waals surface area contributed by atoms with Gasteiger partial charge in [-0.2, -0.15) is 0 Å². The number of hydrogen-bond donors (Lipinski definition) is 2. The highest BCUT2D eigenvalue weighted by Crippen LogP contribution is 2.24. The maximum absolute atomic E-state index is 9.33. The second kappa shape index (κ2) is 7.77. The molecule has 2 atom stereocenters. The number of nitrogens with zero attached hydrogens (tertiary/aromatic N) is 2. The Bertz CT molecular complexity index is 642. The van der Waals surface area contributed by atoms with Gasteiger partial charge in [-0.15, -0.1) is 0 Å². The fraction of sp³-hybridized carbons (Fsp3) is 0.300. The van der Waals surface area contributed by atoms with E-state index in [1.807, 2.05) is 36.7 Å². The molecule has 4 nitrogen and oxygen atoms in total. The maximum Gasteiger partial charge on any atom is 0.115 e. The van der Waals surface area contributed by atoms with Crippen LogP contribution in [0.15, 0.2) is 58.5 Å². The van der Waals surface area contributed by atoms with Gasteiger partial charge in [0, 0.05) is 12.4 Å². The van der Waals surface area contributed by atoms with Crippen molar-refractivity contribution >= 4 is 12.4 Å². The van der Waals surface area contributed by atoms with Crippen LogP contribution in [0, 0.1) is 0 Å². The third kappa shape index (κ3) is 4.44. The second-order valence-electron chi connectivity index (χ2n) is 6.16. The second-order valence-corrected chi connectivity index (χ2v) is 6.16. The average Bonchev–Trinajstić information content (AvgIpc) is 2.61. The average molecular weight is 322 g/mol. The predicted octanol–water partition coefficient (Wildman–Crippen LogP) is 3.95. The molecule has 0 aliphatic heterocycles. The molecular weight excluding hydrogens is 300 g/mol. The number of phenolic OH excluding ortho intramolecular Hbond substituents is 2. The first-order chi connectivity index (χ1) is 11.7. The Labute approximate surface area is 142 Å². The molecular formula is C20H22N2O2. The summed E-state index contributed by atoms with van der Waals surface area (Å²) in [5.41, 5.74) is 1.97. The summed E-state index contributed by atoms with van der Waals surface area (Å²) in [7, 11) is 0. The van der Waals surface area contributed by atoms with Crippen molar-refractivity contribution in [1.29, 1.82) is 0 Å². The normalized spacial score (nSPS) is 21.5. The molecule has 0 saturated heterocycles. The van der Waals surface area contributed by atoms with Crippen LogP contribution in [0.4, 0.5) is 0 Å². The number of benzene rings is 2. The van der Waals surface area contributed by atoms with E-state index < -0.39 is 0 Å². The lowest BCUT2D eigenvalue weighted by Crippen LogP contribution is -2.27. The van der Waals surface area contributed by atoms with E-state index >= 15 is 0 Å². The fourth-order valence-electron chi connectivity index (χ4n) is 2.92. The molecule has 0 aromatic heterocycles. The largest absolute Gasteiger partial charge is 0.508 e. The van der Waals surface area contributed by atoms with E-state index in [-0.39, 0.29) is 23.6 Å². The Balaban J connectivity index is 1.68. The van der Waals surface area contributed by atoms with Gasteiger partial charge in [-0.25, -0.2) is 0 Å². The van der Waals surface area contributed by atoms with Crippen LogP contribution >= 0.6 is 0 Å². The van der Waals surface area contributed by atoms with Crippen LogP contribution in [-0.2, 0) is 0 Å². The van der Waals surface area contributed by atoms with Crippen molar-refractivity contribution in [3.63, 3.8) is 0 Å². The molecule has 124 valence electrons. The molecule has 1 aliphatic carbocycles. The van der Waals surface area contributed by atoms with Gasteiger partial charge in [-0.1, -0.05) is 12.8 Å². The molecule has 4 heteroatoms. The van der Waals surface area contributed by atoms with Gasteiger partial charge in [-0.05, 0) is 72.5 Å². The van der Waals surface area contributed by atoms with Crippen LogP contribution in [0.5, 0.6) is 11.5 Å². The van der Waals surface area contributed by atoms with Gasteiger partial charge in [0.05, 0.1) is 12.1 Å². The smallest absolute Gasteiger partial charge is 0.115 e. The highest BCUT2D eigenvalue weighted by atomic mass is 16.3. The Morgan fingerprint density at radius 1 is 0.667 bits per heavy atom. The van der Waals surface area contributed by atoms with Crippen LogP contribution in [0.25, 0.3) is 0 Å². The highest BCUT2D eigenvalue weighted by molar-refractivity contribution is 5.81. The van der Waals surface area contributed by atoms with Gasteiger partial charge < -0.3 is 10.2 Å². The van der Waals surface area contributed by atoms with Crippen molar-refractivity contribution in [2.75, 3.05) is 0 Å². The SMILES string of the molecule is Oc1ccc(C=NC2CCCCC2N=Cc2ccc(O)cc2)cc1. The van der Waals surface area contributed by atoms with Crippen LogP contribution < -0.4 is 0 Å². The molecule has 2 aromatic carbocycles. The van der Waals surface area contributed by atoms with Crippen molar-refractivity contribution in [2.45, 2.75) is 37.8 Å². The molecule has 1 fully saturated rings. The number of hydrogen-bond acceptors (Lipinski definition) is 4. The third-order valence-corrected chi connectivity index (χ3v) is 4.31. The molecule has 1 aliphatic rings. The third-order valence-electron chi connectivity index (χ3n) is 4.31. The van der Waals surface area contributed by atoms with E-state index in [1.54, 1.807) is 24.3 Å². The van der Waals surface area contributed by atoms with Crippen LogP contribution in [-0.4, -0.2) is 34.7 Å². The molecule has 2 unspecified atom stereocenters. The fourth-order valence-corrected chi connectivity index (χ4v) is 2.92. The maximum atomic E-state index is 9.33. The zero-order valence-electron chi connectivity index (χ0n) is 13.5. The molecule has 0 heterocycles. The number of aliphatic imine (C=N–C) groups is 2. The molecule has 0 amide bonds. The van der Waals surface area contributed by atoms with E-state index in [0.717, 1.165) is 24.0 Å². The first kappa shape index (κ1) is 16.2. The van der Waals surface area contributed by atoms with Gasteiger partial charge in [0.15, 0.2) is 0 Å². The first-order valence-corrected chi connectivity index (χ1v) is 8.35. The van der Waals surface area contributed by atoms with Crippen LogP contribution in [0.2, 0.25) is 0 Å². The van der Waals surface area contributed by atoms with Gasteiger partial charge in [-0.3, -0.25) is 9.98 Å².